The van der Waals surface area contributed by atoms with Crippen LogP contribution >= 0.6 is 11.6 Å². The van der Waals surface area contributed by atoms with Crippen molar-refractivity contribution in [2.75, 3.05) is 6.61 Å². The Morgan fingerprint density at radius 2 is 1.88 bits per heavy atom. The Balaban J connectivity index is 1.82. The van der Waals surface area contributed by atoms with E-state index in [1.807, 2.05) is 81.4 Å². The van der Waals surface area contributed by atoms with Crippen LogP contribution in [0.25, 0.3) is 6.08 Å². The van der Waals surface area contributed by atoms with Crippen LogP contribution in [0, 0.1) is 18.3 Å². The number of nitrogens with zero attached hydrogens (tertiary/aromatic N) is 1. The van der Waals surface area contributed by atoms with E-state index in [-0.39, 0.29) is 11.6 Å². The Hall–Kier alpha value is -3.75. The number of rotatable bonds is 9. The van der Waals surface area contributed by atoms with Crippen molar-refractivity contribution < 1.29 is 14.3 Å². The fourth-order valence-corrected chi connectivity index (χ4v) is 3.72. The molecule has 174 valence electrons. The van der Waals surface area contributed by atoms with E-state index in [0.29, 0.717) is 35.3 Å². The number of nitrogens with one attached hydrogen (secondary N) is 1. The molecule has 0 aromatic heterocycles. The van der Waals surface area contributed by atoms with E-state index in [2.05, 4.69) is 5.32 Å². The highest BCUT2D eigenvalue weighted by Crippen LogP contribution is 2.38. The normalized spacial score (nSPS) is 11.9. The highest BCUT2D eigenvalue weighted by molar-refractivity contribution is 6.32. The van der Waals surface area contributed by atoms with E-state index < -0.39 is 5.91 Å². The first-order valence-electron chi connectivity index (χ1n) is 11.0. The fourth-order valence-electron chi connectivity index (χ4n) is 3.45. The van der Waals surface area contributed by atoms with E-state index in [4.69, 9.17) is 21.1 Å². The standard InChI is InChI=1S/C28H27ClN2O3/c1-4-33-26-16-22(15-25(29)27(26)34-18-21-10-8-9-19(2)13-21)14-24(17-30)28(32)31-20(3)23-11-6-5-7-12-23/h5-16,20H,4,18H2,1-3H3,(H,31,32)/b24-14-/t20-/m0/s1. The molecule has 1 amide bonds. The quantitative estimate of drug-likeness (QED) is 0.287. The van der Waals surface area contributed by atoms with Crippen LogP contribution in [0.2, 0.25) is 5.02 Å². The molecule has 0 aliphatic carbocycles. The SMILES string of the molecule is CCOc1cc(/C=C(/C#N)C(=O)N[C@@H](C)c2ccccc2)cc(Cl)c1OCc1cccc(C)c1. The van der Waals surface area contributed by atoms with Crippen molar-refractivity contribution in [2.45, 2.75) is 33.4 Å². The van der Waals surface area contributed by atoms with Gasteiger partial charge in [-0.3, -0.25) is 4.79 Å². The molecular weight excluding hydrogens is 448 g/mol. The Bertz CT molecular complexity index is 1220. The molecule has 1 N–H and O–H groups in total. The summed E-state index contributed by atoms with van der Waals surface area (Å²) < 4.78 is 11.7. The number of halogens is 1. The van der Waals surface area contributed by atoms with Gasteiger partial charge in [-0.25, -0.2) is 0 Å². The molecule has 0 radical (unpaired) electrons. The predicted molar refractivity (Wildman–Crippen MR) is 135 cm³/mol. The van der Waals surface area contributed by atoms with E-state index in [9.17, 15) is 10.1 Å². The van der Waals surface area contributed by atoms with Crippen LogP contribution in [-0.4, -0.2) is 12.5 Å². The molecule has 0 heterocycles. The van der Waals surface area contributed by atoms with Crippen molar-refractivity contribution in [3.63, 3.8) is 0 Å². The van der Waals surface area contributed by atoms with Crippen molar-refractivity contribution in [3.05, 3.63) is 99.6 Å². The highest BCUT2D eigenvalue weighted by atomic mass is 35.5. The highest BCUT2D eigenvalue weighted by Gasteiger charge is 2.16. The third-order valence-electron chi connectivity index (χ3n) is 5.12. The summed E-state index contributed by atoms with van der Waals surface area (Å²) in [7, 11) is 0. The van der Waals surface area contributed by atoms with Crippen molar-refractivity contribution in [2.24, 2.45) is 0 Å². The second-order valence-electron chi connectivity index (χ2n) is 7.82. The first-order valence-corrected chi connectivity index (χ1v) is 11.4. The number of ether oxygens (including phenoxy) is 2. The average molecular weight is 475 g/mol. The van der Waals surface area contributed by atoms with Gasteiger partial charge in [-0.05, 0) is 55.7 Å². The summed E-state index contributed by atoms with van der Waals surface area (Å²) in [5.74, 6) is 0.403. The second kappa shape index (κ2) is 11.9. The predicted octanol–water partition coefficient (Wildman–Crippen LogP) is 6.41. The summed E-state index contributed by atoms with van der Waals surface area (Å²) >= 11 is 6.52. The minimum atomic E-state index is -0.465. The Morgan fingerprint density at radius 3 is 2.56 bits per heavy atom. The number of carbonyl (C=O) groups is 1. The zero-order chi connectivity index (χ0) is 24.5. The maximum absolute atomic E-state index is 12.7. The van der Waals surface area contributed by atoms with Gasteiger partial charge in [-0.2, -0.15) is 5.26 Å². The Morgan fingerprint density at radius 1 is 1.12 bits per heavy atom. The summed E-state index contributed by atoms with van der Waals surface area (Å²) in [5, 5.41) is 12.8. The van der Waals surface area contributed by atoms with E-state index >= 15 is 0 Å². The van der Waals surface area contributed by atoms with Crippen LogP contribution < -0.4 is 14.8 Å². The number of nitriles is 1. The molecule has 0 saturated carbocycles. The number of aryl methyl sites for hydroxylation is 1. The maximum Gasteiger partial charge on any atom is 0.262 e. The van der Waals surface area contributed by atoms with Gasteiger partial charge in [0.25, 0.3) is 5.91 Å². The molecule has 0 fully saturated rings. The van der Waals surface area contributed by atoms with Gasteiger partial charge in [0.2, 0.25) is 0 Å². The molecule has 34 heavy (non-hydrogen) atoms. The van der Waals surface area contributed by atoms with Crippen molar-refractivity contribution in [1.29, 1.82) is 5.26 Å². The van der Waals surface area contributed by atoms with Gasteiger partial charge in [0.15, 0.2) is 11.5 Å². The lowest BCUT2D eigenvalue weighted by Crippen LogP contribution is -2.27. The van der Waals surface area contributed by atoms with Gasteiger partial charge in [0, 0.05) is 0 Å². The Labute approximate surface area is 205 Å². The first kappa shape index (κ1) is 24.9. The summed E-state index contributed by atoms with van der Waals surface area (Å²) in [6.07, 6.45) is 1.49. The minimum absolute atomic E-state index is 0.0327. The molecule has 0 aliphatic heterocycles. The summed E-state index contributed by atoms with van der Waals surface area (Å²) in [5.41, 5.74) is 3.63. The van der Waals surface area contributed by atoms with Gasteiger partial charge in [-0.15, -0.1) is 0 Å². The number of benzene rings is 3. The largest absolute Gasteiger partial charge is 0.490 e. The van der Waals surface area contributed by atoms with E-state index in [1.54, 1.807) is 12.1 Å². The fraction of sp³-hybridized carbons (Fsp3) is 0.214. The smallest absolute Gasteiger partial charge is 0.262 e. The van der Waals surface area contributed by atoms with Gasteiger partial charge in [0.05, 0.1) is 17.7 Å². The third-order valence-corrected chi connectivity index (χ3v) is 5.40. The molecule has 3 rings (SSSR count). The van der Waals surface area contributed by atoms with Gasteiger partial charge in [0.1, 0.15) is 18.2 Å². The van der Waals surface area contributed by atoms with E-state index in [0.717, 1.165) is 16.7 Å². The lowest BCUT2D eigenvalue weighted by Gasteiger charge is -2.15. The summed E-state index contributed by atoms with van der Waals surface area (Å²) in [4.78, 5) is 12.7. The van der Waals surface area contributed by atoms with Crippen LogP contribution in [-0.2, 0) is 11.4 Å². The molecule has 0 spiro atoms. The molecular formula is C28H27ClN2O3. The van der Waals surface area contributed by atoms with Crippen molar-refractivity contribution >= 4 is 23.6 Å². The van der Waals surface area contributed by atoms with Crippen LogP contribution in [0.5, 0.6) is 11.5 Å². The second-order valence-corrected chi connectivity index (χ2v) is 8.22. The topological polar surface area (TPSA) is 71.3 Å². The lowest BCUT2D eigenvalue weighted by atomic mass is 10.1. The molecule has 6 heteroatoms. The lowest BCUT2D eigenvalue weighted by molar-refractivity contribution is -0.117. The molecule has 5 nitrogen and oxygen atoms in total. The summed E-state index contributed by atoms with van der Waals surface area (Å²) in [6.45, 7) is 6.49. The van der Waals surface area contributed by atoms with Crippen LogP contribution in [0.15, 0.2) is 72.3 Å². The summed E-state index contributed by atoms with van der Waals surface area (Å²) in [6, 6.07) is 22.7. The molecule has 3 aromatic rings. The third kappa shape index (κ3) is 6.63. The zero-order valence-electron chi connectivity index (χ0n) is 19.5. The maximum atomic E-state index is 12.7. The average Bonchev–Trinajstić information content (AvgIpc) is 2.82. The number of carbonyl (C=O) groups excluding carboxylic acids is 1. The Kier molecular flexibility index (Phi) is 8.73. The molecule has 0 unspecified atom stereocenters. The minimum Gasteiger partial charge on any atom is -0.490 e. The molecule has 1 atom stereocenters. The zero-order valence-corrected chi connectivity index (χ0v) is 20.2. The van der Waals surface area contributed by atoms with Crippen molar-refractivity contribution in [1.82, 2.24) is 5.32 Å². The number of amides is 1. The van der Waals surface area contributed by atoms with Crippen molar-refractivity contribution in [3.8, 4) is 17.6 Å². The monoisotopic (exact) mass is 474 g/mol. The van der Waals surface area contributed by atoms with Gasteiger partial charge < -0.3 is 14.8 Å². The molecule has 0 aliphatic rings. The molecule has 0 saturated heterocycles. The first-order chi connectivity index (χ1) is 16.4. The van der Waals surface area contributed by atoms with E-state index in [1.165, 1.54) is 6.08 Å². The van der Waals surface area contributed by atoms with Crippen LogP contribution in [0.1, 0.15) is 42.1 Å². The number of hydrogen-bond donors (Lipinski definition) is 1. The van der Waals surface area contributed by atoms with Crippen LogP contribution in [0.4, 0.5) is 0 Å². The van der Waals surface area contributed by atoms with Gasteiger partial charge in [-0.1, -0.05) is 71.8 Å². The van der Waals surface area contributed by atoms with Gasteiger partial charge >= 0.3 is 0 Å². The molecule has 3 aromatic carbocycles. The molecule has 0 bridgehead atoms. The van der Waals surface area contributed by atoms with Crippen LogP contribution in [0.3, 0.4) is 0 Å². The number of hydrogen-bond acceptors (Lipinski definition) is 4.